The maximum Gasteiger partial charge on any atom is 0.155 e. The Kier molecular flexibility index (Phi) is 3.89. The van der Waals surface area contributed by atoms with Gasteiger partial charge in [-0.3, -0.25) is 4.79 Å². The predicted octanol–water partition coefficient (Wildman–Crippen LogP) is 3.59. The van der Waals surface area contributed by atoms with Crippen LogP contribution in [0.4, 0.5) is 0 Å². The molecule has 0 aliphatic heterocycles. The molecule has 0 aromatic carbocycles. The number of rotatable bonds is 2. The summed E-state index contributed by atoms with van der Waals surface area (Å²) in [6.07, 6.45) is 0. The number of hydrogen-bond acceptors (Lipinski definition) is 1. The molecule has 1 atom stereocenters. The first-order valence-corrected chi connectivity index (χ1v) is 4.86. The topological polar surface area (TPSA) is 17.1 Å². The molecule has 0 aliphatic carbocycles. The van der Waals surface area contributed by atoms with Crippen molar-refractivity contribution in [1.82, 2.24) is 0 Å². The third kappa shape index (κ3) is 3.33. The lowest BCUT2D eigenvalue weighted by Crippen LogP contribution is -2.20. The van der Waals surface area contributed by atoms with Crippen LogP contribution in [-0.4, -0.2) is 5.78 Å². The minimum atomic E-state index is 0.189. The maximum atomic E-state index is 11.2. The second-order valence-corrected chi connectivity index (χ2v) is 4.95. The summed E-state index contributed by atoms with van der Waals surface area (Å²) >= 11 is 0. The highest BCUT2D eigenvalue weighted by molar-refractivity contribution is 5.93. The highest BCUT2D eigenvalue weighted by Gasteiger charge is 2.23. The van der Waals surface area contributed by atoms with E-state index < -0.39 is 0 Å². The van der Waals surface area contributed by atoms with E-state index in [0.717, 1.165) is 5.57 Å². The van der Waals surface area contributed by atoms with Crippen molar-refractivity contribution in [3.8, 4) is 0 Å². The zero-order valence-corrected chi connectivity index (χ0v) is 9.99. The minimum absolute atomic E-state index is 0.189. The van der Waals surface area contributed by atoms with Crippen LogP contribution in [0.1, 0.15) is 48.5 Å². The zero-order valence-electron chi connectivity index (χ0n) is 9.99. The van der Waals surface area contributed by atoms with Crippen LogP contribution in [0.2, 0.25) is 0 Å². The lowest BCUT2D eigenvalue weighted by Gasteiger charge is -2.29. The smallest absolute Gasteiger partial charge is 0.155 e. The molecule has 0 amide bonds. The molecule has 0 aromatic heterocycles. The molecule has 13 heavy (non-hydrogen) atoms. The van der Waals surface area contributed by atoms with Gasteiger partial charge < -0.3 is 0 Å². The fourth-order valence-corrected chi connectivity index (χ4v) is 1.25. The summed E-state index contributed by atoms with van der Waals surface area (Å²) in [6.45, 7) is 14.4. The van der Waals surface area contributed by atoms with Gasteiger partial charge in [-0.05, 0) is 37.7 Å². The van der Waals surface area contributed by atoms with E-state index in [1.54, 1.807) is 6.92 Å². The van der Waals surface area contributed by atoms with Crippen molar-refractivity contribution in [1.29, 1.82) is 0 Å². The standard InChI is InChI=1S/C12H22O/c1-8(9(2)11(4)13)10(3)12(5,6)7/h10H,1-7H3/b9-8-. The lowest BCUT2D eigenvalue weighted by molar-refractivity contribution is -0.113. The lowest BCUT2D eigenvalue weighted by atomic mass is 9.76. The number of Topliss-reactive ketones (excluding diaryl/α,β-unsaturated/α-hetero) is 1. The van der Waals surface area contributed by atoms with Crippen LogP contribution in [0.3, 0.4) is 0 Å². The van der Waals surface area contributed by atoms with Gasteiger partial charge in [0.1, 0.15) is 0 Å². The quantitative estimate of drug-likeness (QED) is 0.596. The van der Waals surface area contributed by atoms with Crippen LogP contribution in [0.5, 0.6) is 0 Å². The Bertz CT molecular complexity index is 228. The number of ketones is 1. The van der Waals surface area contributed by atoms with Crippen LogP contribution < -0.4 is 0 Å². The number of hydrogen-bond donors (Lipinski definition) is 0. The molecule has 0 N–H and O–H groups in total. The van der Waals surface area contributed by atoms with E-state index in [1.807, 2.05) is 6.92 Å². The molecule has 0 heterocycles. The van der Waals surface area contributed by atoms with Gasteiger partial charge in [0, 0.05) is 0 Å². The first-order chi connectivity index (χ1) is 5.68. The Labute approximate surface area is 82.2 Å². The Morgan fingerprint density at radius 2 is 1.46 bits per heavy atom. The average molecular weight is 182 g/mol. The molecular weight excluding hydrogens is 160 g/mol. The summed E-state index contributed by atoms with van der Waals surface area (Å²) in [7, 11) is 0. The van der Waals surface area contributed by atoms with Crippen molar-refractivity contribution < 1.29 is 4.79 Å². The van der Waals surface area contributed by atoms with Gasteiger partial charge in [0.05, 0.1) is 0 Å². The van der Waals surface area contributed by atoms with Crippen LogP contribution in [0, 0.1) is 11.3 Å². The Hall–Kier alpha value is -0.590. The van der Waals surface area contributed by atoms with Crippen LogP contribution in [0.15, 0.2) is 11.1 Å². The van der Waals surface area contributed by atoms with Crippen LogP contribution in [0.25, 0.3) is 0 Å². The molecule has 0 fully saturated rings. The normalized spacial score (nSPS) is 16.5. The van der Waals surface area contributed by atoms with Gasteiger partial charge in [0.2, 0.25) is 0 Å². The molecule has 76 valence electrons. The van der Waals surface area contributed by atoms with Crippen molar-refractivity contribution in [2.75, 3.05) is 0 Å². The summed E-state index contributed by atoms with van der Waals surface area (Å²) in [5, 5.41) is 0. The molecule has 0 saturated heterocycles. The summed E-state index contributed by atoms with van der Waals surface area (Å²) < 4.78 is 0. The van der Waals surface area contributed by atoms with E-state index >= 15 is 0 Å². The molecular formula is C12H22O. The first-order valence-electron chi connectivity index (χ1n) is 4.86. The summed E-state index contributed by atoms with van der Waals surface area (Å²) in [5.41, 5.74) is 2.38. The fourth-order valence-electron chi connectivity index (χ4n) is 1.25. The Morgan fingerprint density at radius 3 is 1.69 bits per heavy atom. The van der Waals surface area contributed by atoms with Gasteiger partial charge in [-0.1, -0.05) is 33.3 Å². The molecule has 1 heteroatoms. The van der Waals surface area contributed by atoms with Gasteiger partial charge >= 0.3 is 0 Å². The summed E-state index contributed by atoms with van der Waals surface area (Å²) in [5.74, 6) is 0.644. The molecule has 0 bridgehead atoms. The first kappa shape index (κ1) is 12.4. The molecule has 0 saturated carbocycles. The SMILES string of the molecule is CC(=O)/C(C)=C(/C)C(C)C(C)(C)C. The molecule has 0 aliphatic rings. The third-order valence-electron chi connectivity index (χ3n) is 3.07. The molecule has 0 radical (unpaired) electrons. The van der Waals surface area contributed by atoms with Gasteiger partial charge in [0.25, 0.3) is 0 Å². The third-order valence-corrected chi connectivity index (χ3v) is 3.07. The van der Waals surface area contributed by atoms with Gasteiger partial charge in [-0.2, -0.15) is 0 Å². The van der Waals surface area contributed by atoms with Gasteiger partial charge in [-0.15, -0.1) is 0 Å². The van der Waals surface area contributed by atoms with E-state index in [2.05, 4.69) is 34.6 Å². The van der Waals surface area contributed by atoms with Crippen molar-refractivity contribution in [3.63, 3.8) is 0 Å². The molecule has 0 aromatic rings. The maximum absolute atomic E-state index is 11.2. The highest BCUT2D eigenvalue weighted by atomic mass is 16.1. The van der Waals surface area contributed by atoms with Crippen molar-refractivity contribution in [3.05, 3.63) is 11.1 Å². The van der Waals surface area contributed by atoms with E-state index in [-0.39, 0.29) is 11.2 Å². The fraction of sp³-hybridized carbons (Fsp3) is 0.750. The van der Waals surface area contributed by atoms with Crippen LogP contribution >= 0.6 is 0 Å². The van der Waals surface area contributed by atoms with Crippen molar-refractivity contribution >= 4 is 5.78 Å². The summed E-state index contributed by atoms with van der Waals surface area (Å²) in [4.78, 5) is 11.2. The Morgan fingerprint density at radius 1 is 1.08 bits per heavy atom. The van der Waals surface area contributed by atoms with Crippen LogP contribution in [-0.2, 0) is 4.79 Å². The van der Waals surface area contributed by atoms with E-state index in [4.69, 9.17) is 0 Å². The number of allylic oxidation sites excluding steroid dienone is 2. The van der Waals surface area contributed by atoms with Crippen molar-refractivity contribution in [2.45, 2.75) is 48.5 Å². The molecule has 0 spiro atoms. The average Bonchev–Trinajstić information content (AvgIpc) is 1.98. The van der Waals surface area contributed by atoms with E-state index in [0.29, 0.717) is 5.92 Å². The zero-order chi connectivity index (χ0) is 10.8. The highest BCUT2D eigenvalue weighted by Crippen LogP contribution is 2.32. The molecule has 1 unspecified atom stereocenters. The van der Waals surface area contributed by atoms with E-state index in [1.165, 1.54) is 5.57 Å². The number of carbonyl (C=O) groups excluding carboxylic acids is 1. The Balaban J connectivity index is 4.89. The number of carbonyl (C=O) groups is 1. The molecule has 1 nitrogen and oxygen atoms in total. The van der Waals surface area contributed by atoms with Crippen molar-refractivity contribution in [2.24, 2.45) is 11.3 Å². The largest absolute Gasteiger partial charge is 0.295 e. The predicted molar refractivity (Wildman–Crippen MR) is 57.7 cm³/mol. The minimum Gasteiger partial charge on any atom is -0.295 e. The van der Waals surface area contributed by atoms with Gasteiger partial charge in [0.15, 0.2) is 5.78 Å². The second kappa shape index (κ2) is 4.08. The van der Waals surface area contributed by atoms with Gasteiger partial charge in [-0.25, -0.2) is 0 Å². The second-order valence-electron chi connectivity index (χ2n) is 4.95. The van der Waals surface area contributed by atoms with E-state index in [9.17, 15) is 4.79 Å². The monoisotopic (exact) mass is 182 g/mol. The molecule has 0 rings (SSSR count). The summed E-state index contributed by atoms with van der Waals surface area (Å²) in [6, 6.07) is 0.